The molecule has 0 saturated heterocycles. The van der Waals surface area contributed by atoms with Crippen molar-refractivity contribution in [1.29, 1.82) is 0 Å². The van der Waals surface area contributed by atoms with E-state index >= 15 is 0 Å². The van der Waals surface area contributed by atoms with Gasteiger partial charge in [0.1, 0.15) is 11.0 Å². The van der Waals surface area contributed by atoms with E-state index in [1.54, 1.807) is 19.1 Å². The highest BCUT2D eigenvalue weighted by Gasteiger charge is 2.19. The summed E-state index contributed by atoms with van der Waals surface area (Å²) in [6.45, 7) is 1.71. The number of rotatable bonds is 4. The van der Waals surface area contributed by atoms with Gasteiger partial charge in [-0.25, -0.2) is 0 Å². The van der Waals surface area contributed by atoms with Gasteiger partial charge in [0.2, 0.25) is 5.16 Å². The quantitative estimate of drug-likeness (QED) is 0.660. The van der Waals surface area contributed by atoms with E-state index in [9.17, 15) is 9.90 Å². The molecule has 0 aliphatic carbocycles. The molecule has 1 N–H and O–H groups in total. The molecule has 0 aliphatic rings. The zero-order chi connectivity index (χ0) is 13.8. The van der Waals surface area contributed by atoms with Gasteiger partial charge >= 0.3 is 5.97 Å². The number of phenols is 1. The highest BCUT2D eigenvalue weighted by Crippen LogP contribution is 2.24. The maximum absolute atomic E-state index is 11.4. The average molecular weight is 280 g/mol. The van der Waals surface area contributed by atoms with Gasteiger partial charge in [0.05, 0.1) is 12.8 Å². The minimum absolute atomic E-state index is 0.161. The van der Waals surface area contributed by atoms with Crippen molar-refractivity contribution < 1.29 is 14.6 Å². The smallest absolute Gasteiger partial charge is 0.318 e. The Morgan fingerprint density at radius 2 is 2.11 bits per heavy atom. The second-order valence-corrected chi connectivity index (χ2v) is 4.98. The van der Waals surface area contributed by atoms with Gasteiger partial charge in [-0.3, -0.25) is 4.79 Å². The van der Waals surface area contributed by atoms with Crippen LogP contribution in [0.2, 0.25) is 0 Å². The first-order valence-corrected chi connectivity index (χ1v) is 6.32. The van der Waals surface area contributed by atoms with Crippen LogP contribution in [0.3, 0.4) is 0 Å². The van der Waals surface area contributed by atoms with Gasteiger partial charge in [0.25, 0.3) is 0 Å². The normalized spacial score (nSPS) is 12.1. The summed E-state index contributed by atoms with van der Waals surface area (Å²) < 4.78 is 6.14. The van der Waals surface area contributed by atoms with Gasteiger partial charge in [-0.05, 0) is 41.6 Å². The van der Waals surface area contributed by atoms with E-state index < -0.39 is 5.25 Å². The Balaban J connectivity index is 2.22. The molecule has 8 heteroatoms. The summed E-state index contributed by atoms with van der Waals surface area (Å²) in [5.41, 5.74) is 0.697. The number of nitrogens with zero attached hydrogens (tertiary/aromatic N) is 4. The molecule has 0 saturated carbocycles. The molecule has 2 aromatic rings. The monoisotopic (exact) mass is 280 g/mol. The molecule has 100 valence electrons. The van der Waals surface area contributed by atoms with E-state index in [1.165, 1.54) is 35.7 Å². The van der Waals surface area contributed by atoms with Crippen LogP contribution >= 0.6 is 11.8 Å². The minimum Gasteiger partial charge on any atom is -0.508 e. The summed E-state index contributed by atoms with van der Waals surface area (Å²) in [4.78, 5) is 11.4. The van der Waals surface area contributed by atoms with Crippen LogP contribution in [0.25, 0.3) is 5.69 Å². The number of esters is 1. The molecule has 0 unspecified atom stereocenters. The minimum atomic E-state index is -0.410. The molecule has 0 spiro atoms. The van der Waals surface area contributed by atoms with Gasteiger partial charge in [0, 0.05) is 0 Å². The number of hydrogen-bond donors (Lipinski definition) is 1. The molecule has 0 amide bonds. The average Bonchev–Trinajstić information content (AvgIpc) is 2.86. The third-order valence-electron chi connectivity index (χ3n) is 2.35. The van der Waals surface area contributed by atoms with Gasteiger partial charge in [-0.15, -0.1) is 5.10 Å². The van der Waals surface area contributed by atoms with Crippen molar-refractivity contribution in [2.45, 2.75) is 17.3 Å². The fourth-order valence-corrected chi connectivity index (χ4v) is 2.21. The third-order valence-corrected chi connectivity index (χ3v) is 3.36. The molecular formula is C11H12N4O3S. The Morgan fingerprint density at radius 3 is 2.74 bits per heavy atom. The van der Waals surface area contributed by atoms with Crippen LogP contribution in [0.4, 0.5) is 0 Å². The van der Waals surface area contributed by atoms with Gasteiger partial charge < -0.3 is 9.84 Å². The number of ether oxygens (including phenoxy) is 1. The SMILES string of the molecule is COC(=O)[C@H](C)Sc1nnnn1-c1ccc(O)cc1. The Hall–Kier alpha value is -2.09. The lowest BCUT2D eigenvalue weighted by molar-refractivity contribution is -0.139. The van der Waals surface area contributed by atoms with Crippen molar-refractivity contribution in [3.05, 3.63) is 24.3 Å². The summed E-state index contributed by atoms with van der Waals surface area (Å²) in [5, 5.41) is 20.6. The summed E-state index contributed by atoms with van der Waals surface area (Å²) in [5.74, 6) is -0.181. The largest absolute Gasteiger partial charge is 0.508 e. The van der Waals surface area contributed by atoms with Crippen molar-refractivity contribution in [2.24, 2.45) is 0 Å². The number of benzene rings is 1. The second kappa shape index (κ2) is 5.70. The summed E-state index contributed by atoms with van der Waals surface area (Å²) in [6.07, 6.45) is 0. The molecule has 19 heavy (non-hydrogen) atoms. The maximum atomic E-state index is 11.4. The zero-order valence-corrected chi connectivity index (χ0v) is 11.2. The number of methoxy groups -OCH3 is 1. The molecule has 0 bridgehead atoms. The summed E-state index contributed by atoms with van der Waals surface area (Å²) in [7, 11) is 1.34. The predicted octanol–water partition coefficient (Wildman–Crippen LogP) is 1.02. The van der Waals surface area contributed by atoms with E-state index in [4.69, 9.17) is 0 Å². The number of hydrogen-bond acceptors (Lipinski definition) is 7. The number of carbonyl (C=O) groups excluding carboxylic acids is 1. The van der Waals surface area contributed by atoms with Crippen LogP contribution in [-0.4, -0.2) is 43.6 Å². The molecule has 1 atom stereocenters. The predicted molar refractivity (Wildman–Crippen MR) is 68.2 cm³/mol. The van der Waals surface area contributed by atoms with Crippen LogP contribution in [0.1, 0.15) is 6.92 Å². The fraction of sp³-hybridized carbons (Fsp3) is 0.273. The van der Waals surface area contributed by atoms with E-state index in [1.807, 2.05) is 0 Å². The van der Waals surface area contributed by atoms with Gasteiger partial charge in [0.15, 0.2) is 0 Å². The van der Waals surface area contributed by atoms with E-state index in [0.717, 1.165) is 0 Å². The fourth-order valence-electron chi connectivity index (χ4n) is 1.38. The Bertz CT molecular complexity index is 570. The topological polar surface area (TPSA) is 90.1 Å². The molecule has 2 rings (SSSR count). The molecule has 0 radical (unpaired) electrons. The van der Waals surface area contributed by atoms with Crippen molar-refractivity contribution in [3.8, 4) is 11.4 Å². The van der Waals surface area contributed by atoms with Gasteiger partial charge in [-0.1, -0.05) is 11.8 Å². The first-order chi connectivity index (χ1) is 9.11. The molecule has 0 aliphatic heterocycles. The second-order valence-electron chi connectivity index (χ2n) is 3.67. The standard InChI is InChI=1S/C11H12N4O3S/c1-7(10(17)18-2)19-11-12-13-14-15(11)8-3-5-9(16)6-4-8/h3-7,16H,1-2H3/t7-/m0/s1. The van der Waals surface area contributed by atoms with Crippen LogP contribution in [0.5, 0.6) is 5.75 Å². The zero-order valence-electron chi connectivity index (χ0n) is 10.3. The molecule has 7 nitrogen and oxygen atoms in total. The number of aromatic nitrogens is 4. The molecule has 0 fully saturated rings. The van der Waals surface area contributed by atoms with Crippen molar-refractivity contribution in [2.75, 3.05) is 7.11 Å². The van der Waals surface area contributed by atoms with Gasteiger partial charge in [-0.2, -0.15) is 4.68 Å². The molecule has 1 aromatic carbocycles. The number of tetrazole rings is 1. The lowest BCUT2D eigenvalue weighted by Crippen LogP contribution is -2.15. The lowest BCUT2D eigenvalue weighted by Gasteiger charge is -2.08. The van der Waals surface area contributed by atoms with Crippen molar-refractivity contribution >= 4 is 17.7 Å². The van der Waals surface area contributed by atoms with Crippen LogP contribution in [-0.2, 0) is 9.53 Å². The van der Waals surface area contributed by atoms with E-state index in [0.29, 0.717) is 10.8 Å². The third kappa shape index (κ3) is 3.02. The first kappa shape index (κ1) is 13.3. The number of phenolic OH excluding ortho intramolecular Hbond substituents is 1. The van der Waals surface area contributed by atoms with Crippen LogP contribution < -0.4 is 0 Å². The number of thioether (sulfide) groups is 1. The Morgan fingerprint density at radius 1 is 1.42 bits per heavy atom. The summed E-state index contributed by atoms with van der Waals surface area (Å²) in [6, 6.07) is 6.43. The number of carbonyl (C=O) groups is 1. The van der Waals surface area contributed by atoms with Crippen molar-refractivity contribution in [3.63, 3.8) is 0 Å². The molecule has 1 aromatic heterocycles. The van der Waals surface area contributed by atoms with E-state index in [-0.39, 0.29) is 11.7 Å². The molecule has 1 heterocycles. The van der Waals surface area contributed by atoms with Crippen molar-refractivity contribution in [1.82, 2.24) is 20.2 Å². The maximum Gasteiger partial charge on any atom is 0.318 e. The highest BCUT2D eigenvalue weighted by atomic mass is 32.2. The highest BCUT2D eigenvalue weighted by molar-refractivity contribution is 8.00. The first-order valence-electron chi connectivity index (χ1n) is 5.44. The Labute approximate surface area is 113 Å². The molecular weight excluding hydrogens is 268 g/mol. The Kier molecular flexibility index (Phi) is 4.00. The van der Waals surface area contributed by atoms with Crippen LogP contribution in [0.15, 0.2) is 29.4 Å². The van der Waals surface area contributed by atoms with E-state index in [2.05, 4.69) is 20.3 Å². The summed E-state index contributed by atoms with van der Waals surface area (Å²) >= 11 is 1.20. The van der Waals surface area contributed by atoms with Crippen LogP contribution in [0, 0.1) is 0 Å². The lowest BCUT2D eigenvalue weighted by atomic mass is 10.3. The number of aromatic hydroxyl groups is 1.